The molecule has 1 rings (SSSR count). The average Bonchev–Trinajstić information content (AvgIpc) is 2.46. The van der Waals surface area contributed by atoms with Gasteiger partial charge in [0.1, 0.15) is 0 Å². The molecule has 1 aromatic carbocycles. The maximum atomic E-state index is 9.84. The summed E-state index contributed by atoms with van der Waals surface area (Å²) in [6.45, 7) is 1.65. The Morgan fingerprint density at radius 1 is 0.850 bits per heavy atom. The zero-order valence-corrected chi connectivity index (χ0v) is 11.4. The summed E-state index contributed by atoms with van der Waals surface area (Å²) in [7, 11) is 0. The van der Waals surface area contributed by atoms with Crippen LogP contribution in [0.5, 0.6) is 0 Å². The maximum absolute atomic E-state index is 9.84. The van der Waals surface area contributed by atoms with E-state index in [1.54, 1.807) is 18.2 Å². The summed E-state index contributed by atoms with van der Waals surface area (Å²) >= 11 is 0. The molecule has 6 heteroatoms. The topological polar surface area (TPSA) is 111 Å². The number of nitrogens with zero attached hydrogens (tertiary/aromatic N) is 2. The normalized spacial score (nSPS) is 8.70. The highest BCUT2D eigenvalue weighted by Crippen LogP contribution is 2.18. The van der Waals surface area contributed by atoms with Gasteiger partial charge >= 0.3 is 0 Å². The van der Waals surface area contributed by atoms with Crippen LogP contribution in [0.1, 0.15) is 25.7 Å². The van der Waals surface area contributed by atoms with Crippen LogP contribution in [0.25, 0.3) is 0 Å². The van der Waals surface area contributed by atoms with Crippen LogP contribution in [-0.4, -0.2) is 25.2 Å². The van der Waals surface area contributed by atoms with E-state index in [9.17, 15) is 9.59 Å². The Labute approximate surface area is 118 Å². The summed E-state index contributed by atoms with van der Waals surface area (Å²) in [4.78, 5) is 26.4. The number of aliphatic imine (C=N–C) groups is 2. The molecule has 0 radical (unpaired) electrons. The van der Waals surface area contributed by atoms with Crippen molar-refractivity contribution in [3.8, 4) is 0 Å². The van der Waals surface area contributed by atoms with E-state index in [1.165, 1.54) is 31.1 Å². The molecule has 0 unspecified atom stereocenters. The fraction of sp³-hybridized carbons (Fsp3) is 0.429. The van der Waals surface area contributed by atoms with Crippen LogP contribution in [0.2, 0.25) is 0 Å². The third-order valence-electron chi connectivity index (χ3n) is 2.34. The lowest BCUT2D eigenvalue weighted by atomic mass is 10.2. The first-order chi connectivity index (χ1) is 9.78. The van der Waals surface area contributed by atoms with Gasteiger partial charge in [0.2, 0.25) is 12.2 Å². The van der Waals surface area contributed by atoms with Crippen molar-refractivity contribution >= 4 is 23.5 Å². The Balaban J connectivity index is 0.000000396. The molecule has 0 saturated carbocycles. The summed E-state index contributed by atoms with van der Waals surface area (Å²) in [5.41, 5.74) is 11.4. The van der Waals surface area contributed by atoms with Crippen molar-refractivity contribution in [1.29, 1.82) is 0 Å². The molecular weight excluding hydrogens is 256 g/mol. The van der Waals surface area contributed by atoms with Gasteiger partial charge < -0.3 is 11.5 Å². The zero-order valence-electron chi connectivity index (χ0n) is 11.4. The molecule has 1 aromatic rings. The van der Waals surface area contributed by atoms with Crippen LogP contribution in [0.15, 0.2) is 34.3 Å². The van der Waals surface area contributed by atoms with Gasteiger partial charge in [-0.05, 0) is 44.1 Å². The van der Waals surface area contributed by atoms with Crippen molar-refractivity contribution in [1.82, 2.24) is 0 Å². The molecule has 0 spiro atoms. The van der Waals surface area contributed by atoms with Gasteiger partial charge in [-0.15, -0.1) is 0 Å². The van der Waals surface area contributed by atoms with Crippen LogP contribution < -0.4 is 11.5 Å². The van der Waals surface area contributed by atoms with E-state index in [-0.39, 0.29) is 0 Å². The number of hydrogen-bond donors (Lipinski definition) is 2. The van der Waals surface area contributed by atoms with Crippen LogP contribution in [0.4, 0.5) is 11.4 Å². The molecule has 0 aromatic heterocycles. The molecule has 4 N–H and O–H groups in total. The van der Waals surface area contributed by atoms with Gasteiger partial charge in [-0.1, -0.05) is 18.9 Å². The summed E-state index contributed by atoms with van der Waals surface area (Å²) in [6.07, 6.45) is 7.57. The fourth-order valence-corrected chi connectivity index (χ4v) is 1.38. The molecule has 108 valence electrons. The van der Waals surface area contributed by atoms with E-state index in [2.05, 4.69) is 9.98 Å². The molecule has 0 fully saturated rings. The van der Waals surface area contributed by atoms with Crippen molar-refractivity contribution in [2.24, 2.45) is 21.5 Å². The minimum atomic E-state index is 0.418. The molecule has 0 aliphatic heterocycles. The lowest BCUT2D eigenvalue weighted by Gasteiger charge is -1.94. The monoisotopic (exact) mass is 276 g/mol. The van der Waals surface area contributed by atoms with E-state index >= 15 is 0 Å². The van der Waals surface area contributed by atoms with E-state index in [0.29, 0.717) is 11.4 Å². The van der Waals surface area contributed by atoms with Crippen molar-refractivity contribution in [2.45, 2.75) is 25.7 Å². The number of unbranched alkanes of at least 4 members (excludes halogenated alkanes) is 3. The Morgan fingerprint density at radius 3 is 1.65 bits per heavy atom. The van der Waals surface area contributed by atoms with Crippen molar-refractivity contribution < 1.29 is 9.59 Å². The van der Waals surface area contributed by atoms with Crippen LogP contribution in [0.3, 0.4) is 0 Å². The molecule has 20 heavy (non-hydrogen) atoms. The van der Waals surface area contributed by atoms with Gasteiger partial charge in [-0.25, -0.2) is 9.59 Å². The number of hydrogen-bond acceptors (Lipinski definition) is 6. The van der Waals surface area contributed by atoms with Gasteiger partial charge in [0.05, 0.1) is 11.4 Å². The Kier molecular flexibility index (Phi) is 11.9. The lowest BCUT2D eigenvalue weighted by molar-refractivity contribution is 0.565. The summed E-state index contributed by atoms with van der Waals surface area (Å²) in [5.74, 6) is 0. The first kappa shape index (κ1) is 17.9. The van der Waals surface area contributed by atoms with Crippen LogP contribution in [-0.2, 0) is 9.59 Å². The Hall–Kier alpha value is -2.10. The van der Waals surface area contributed by atoms with Gasteiger partial charge in [-0.3, -0.25) is 0 Å². The molecule has 0 heterocycles. The van der Waals surface area contributed by atoms with Crippen LogP contribution in [0, 0.1) is 0 Å². The highest BCUT2D eigenvalue weighted by molar-refractivity contribution is 5.57. The summed E-state index contributed by atoms with van der Waals surface area (Å²) < 4.78 is 0. The highest BCUT2D eigenvalue weighted by Gasteiger charge is 1.90. The Morgan fingerprint density at radius 2 is 1.30 bits per heavy atom. The van der Waals surface area contributed by atoms with Gasteiger partial charge in [-0.2, -0.15) is 9.98 Å². The van der Waals surface area contributed by atoms with Crippen LogP contribution >= 0.6 is 0 Å². The number of nitrogens with two attached hydrogens (primary N) is 2. The molecular formula is C14H20N4O2. The van der Waals surface area contributed by atoms with Crippen molar-refractivity contribution in [3.63, 3.8) is 0 Å². The summed E-state index contributed by atoms with van der Waals surface area (Å²) in [6, 6.07) is 6.32. The third-order valence-corrected chi connectivity index (χ3v) is 2.34. The minimum absolute atomic E-state index is 0.418. The molecule has 0 aliphatic rings. The standard InChI is InChI=1S/C8H4N2O2.C6H16N2/c11-5-9-7-2-1-3-8(4-7)10-6-12;7-5-3-1-2-4-6-8/h1-4H;1-8H2. The second kappa shape index (κ2) is 13.3. The second-order valence-corrected chi connectivity index (χ2v) is 3.92. The Bertz CT molecular complexity index is 425. The number of isocyanates is 2. The smallest absolute Gasteiger partial charge is 0.240 e. The van der Waals surface area contributed by atoms with Crippen molar-refractivity contribution in [2.75, 3.05) is 13.1 Å². The van der Waals surface area contributed by atoms with E-state index in [1.807, 2.05) is 0 Å². The SMILES string of the molecule is NCCCCCCN.O=C=Nc1cccc(N=C=O)c1. The minimum Gasteiger partial charge on any atom is -0.330 e. The quantitative estimate of drug-likeness (QED) is 0.451. The number of rotatable bonds is 7. The highest BCUT2D eigenvalue weighted by atomic mass is 16.1. The van der Waals surface area contributed by atoms with Crippen molar-refractivity contribution in [3.05, 3.63) is 24.3 Å². The maximum Gasteiger partial charge on any atom is 0.240 e. The predicted octanol–water partition coefficient (Wildman–Crippen LogP) is 2.09. The molecule has 6 nitrogen and oxygen atoms in total. The fourth-order valence-electron chi connectivity index (χ4n) is 1.38. The van der Waals surface area contributed by atoms with E-state index < -0.39 is 0 Å². The molecule has 0 atom stereocenters. The summed E-state index contributed by atoms with van der Waals surface area (Å²) in [5, 5.41) is 0. The second-order valence-electron chi connectivity index (χ2n) is 3.92. The molecule has 0 bridgehead atoms. The molecule has 0 aliphatic carbocycles. The first-order valence-corrected chi connectivity index (χ1v) is 6.44. The number of benzene rings is 1. The lowest BCUT2D eigenvalue weighted by Crippen LogP contribution is -2.00. The third kappa shape index (κ3) is 9.88. The average molecular weight is 276 g/mol. The van der Waals surface area contributed by atoms with Gasteiger partial charge in [0, 0.05) is 0 Å². The zero-order chi connectivity index (χ0) is 15.1. The van der Waals surface area contributed by atoms with E-state index in [4.69, 9.17) is 11.5 Å². The predicted molar refractivity (Wildman–Crippen MR) is 78.6 cm³/mol. The number of carbonyl (C=O) groups excluding carboxylic acids is 2. The van der Waals surface area contributed by atoms with E-state index in [0.717, 1.165) is 25.9 Å². The largest absolute Gasteiger partial charge is 0.330 e. The first-order valence-electron chi connectivity index (χ1n) is 6.44. The van der Waals surface area contributed by atoms with Gasteiger partial charge in [0.15, 0.2) is 0 Å². The molecule has 0 saturated heterocycles. The van der Waals surface area contributed by atoms with Gasteiger partial charge in [0.25, 0.3) is 0 Å². The molecule has 0 amide bonds.